The molecule has 0 aliphatic carbocycles. The molecule has 0 saturated heterocycles. The maximum atomic E-state index is 12.7. The summed E-state index contributed by atoms with van der Waals surface area (Å²) in [6.07, 6.45) is 75.2. The lowest BCUT2D eigenvalue weighted by Crippen LogP contribution is -2.30. The first-order valence-electron chi connectivity index (χ1n) is 27.0. The van der Waals surface area contributed by atoms with Crippen molar-refractivity contribution in [3.63, 3.8) is 0 Å². The van der Waals surface area contributed by atoms with Crippen molar-refractivity contribution >= 4 is 17.9 Å². The minimum atomic E-state index is -0.787. The van der Waals surface area contributed by atoms with Gasteiger partial charge in [-0.05, 0) is 109 Å². The molecule has 0 aliphatic rings. The van der Waals surface area contributed by atoms with Gasteiger partial charge in [0.05, 0.1) is 0 Å². The van der Waals surface area contributed by atoms with E-state index in [9.17, 15) is 14.4 Å². The van der Waals surface area contributed by atoms with E-state index < -0.39 is 6.10 Å². The van der Waals surface area contributed by atoms with Gasteiger partial charge in [0.1, 0.15) is 13.2 Å². The fraction of sp³-hybridized carbons (Fsp3) is 0.623. The van der Waals surface area contributed by atoms with Crippen LogP contribution in [0.2, 0.25) is 0 Å². The summed E-state index contributed by atoms with van der Waals surface area (Å²) < 4.78 is 16.6. The number of esters is 3. The van der Waals surface area contributed by atoms with Crippen molar-refractivity contribution in [2.24, 2.45) is 0 Å². The highest BCUT2D eigenvalue weighted by Gasteiger charge is 2.19. The zero-order valence-corrected chi connectivity index (χ0v) is 43.1. The van der Waals surface area contributed by atoms with E-state index in [1.807, 2.05) is 0 Å². The van der Waals surface area contributed by atoms with Gasteiger partial charge in [-0.2, -0.15) is 0 Å². The molecule has 0 heterocycles. The third-order valence-corrected chi connectivity index (χ3v) is 10.9. The summed E-state index contributed by atoms with van der Waals surface area (Å²) in [5, 5.41) is 0. The minimum Gasteiger partial charge on any atom is -0.462 e. The second kappa shape index (κ2) is 54.4. The van der Waals surface area contributed by atoms with Crippen molar-refractivity contribution in [3.05, 3.63) is 122 Å². The molecule has 0 bridgehead atoms. The Morgan fingerprint density at radius 3 is 0.985 bits per heavy atom. The monoisotopic (exact) mass is 927 g/mol. The SMILES string of the molecule is CC/C=C\C/C=C\C/C=C\C/C=C\C/C=C\C/C=C\C/C=C\C/C=C\C/C=C\CCCCCCCC(=O)OCC(COC(=O)CCCCCCCC)OC(=O)CCCCCCC/C=C\CCC. The van der Waals surface area contributed by atoms with Gasteiger partial charge >= 0.3 is 17.9 Å². The Labute approximate surface area is 412 Å². The molecular weight excluding hydrogens is 829 g/mol. The number of carbonyl (C=O) groups is 3. The molecular formula is C61H98O6. The van der Waals surface area contributed by atoms with Gasteiger partial charge < -0.3 is 14.2 Å². The second-order valence-electron chi connectivity index (χ2n) is 17.4. The largest absolute Gasteiger partial charge is 0.462 e. The molecule has 0 aromatic heterocycles. The lowest BCUT2D eigenvalue weighted by molar-refractivity contribution is -0.167. The summed E-state index contributed by atoms with van der Waals surface area (Å²) in [6.45, 7) is 6.35. The first kappa shape index (κ1) is 62.8. The van der Waals surface area contributed by atoms with Crippen LogP contribution in [0.25, 0.3) is 0 Å². The number of hydrogen-bond acceptors (Lipinski definition) is 6. The third-order valence-electron chi connectivity index (χ3n) is 10.9. The van der Waals surface area contributed by atoms with Gasteiger partial charge in [-0.3, -0.25) is 14.4 Å². The molecule has 0 fully saturated rings. The Balaban J connectivity index is 4.12. The van der Waals surface area contributed by atoms with Gasteiger partial charge in [-0.1, -0.05) is 219 Å². The van der Waals surface area contributed by atoms with E-state index >= 15 is 0 Å². The van der Waals surface area contributed by atoms with E-state index in [4.69, 9.17) is 14.2 Å². The number of hydrogen-bond donors (Lipinski definition) is 0. The van der Waals surface area contributed by atoms with Crippen LogP contribution in [-0.2, 0) is 28.6 Å². The Hall–Kier alpha value is -4.19. The number of unbranched alkanes of at least 4 members (excludes halogenated alkanes) is 16. The summed E-state index contributed by atoms with van der Waals surface area (Å²) in [5.74, 6) is -0.939. The van der Waals surface area contributed by atoms with E-state index in [1.54, 1.807) is 0 Å². The van der Waals surface area contributed by atoms with E-state index in [0.717, 1.165) is 154 Å². The maximum absolute atomic E-state index is 12.7. The van der Waals surface area contributed by atoms with Crippen molar-refractivity contribution in [1.82, 2.24) is 0 Å². The molecule has 6 heteroatoms. The standard InChI is InChI=1S/C61H98O6/c1-4-7-10-13-16-18-20-21-22-23-24-25-26-27-28-29-30-31-32-33-34-35-36-37-38-39-40-41-42-44-45-48-51-54-60(63)66-57-58(56-65-59(62)53-50-47-15-12-9-6-3)67-61(64)55-52-49-46-43-19-17-14-11-8-5-2/h7,10-11,14,16,18,21-22,24-25,27-28,30-31,33-34,36-37,39-40,58H,4-6,8-9,12-13,15,17,19-20,23,26,29,32,35,38,41-57H2,1-3H3/b10-7-,14-11-,18-16-,22-21-,25-24-,28-27-,31-30-,34-33-,37-36-,40-39-. The van der Waals surface area contributed by atoms with Crippen LogP contribution in [0.15, 0.2) is 122 Å². The van der Waals surface area contributed by atoms with E-state index in [0.29, 0.717) is 19.3 Å². The summed E-state index contributed by atoms with van der Waals surface area (Å²) in [6, 6.07) is 0. The zero-order valence-electron chi connectivity index (χ0n) is 43.1. The lowest BCUT2D eigenvalue weighted by atomic mass is 10.1. The Kier molecular flexibility index (Phi) is 51.0. The molecule has 1 unspecified atom stereocenters. The van der Waals surface area contributed by atoms with Crippen molar-refractivity contribution in [2.75, 3.05) is 13.2 Å². The summed E-state index contributed by atoms with van der Waals surface area (Å²) in [7, 11) is 0. The number of allylic oxidation sites excluding steroid dienone is 20. The molecule has 378 valence electrons. The predicted molar refractivity (Wildman–Crippen MR) is 288 cm³/mol. The van der Waals surface area contributed by atoms with Gasteiger partial charge in [0.15, 0.2) is 6.10 Å². The Morgan fingerprint density at radius 2 is 0.612 bits per heavy atom. The molecule has 0 radical (unpaired) electrons. The highest BCUT2D eigenvalue weighted by Crippen LogP contribution is 2.13. The van der Waals surface area contributed by atoms with Gasteiger partial charge in [-0.15, -0.1) is 0 Å². The average molecular weight is 927 g/mol. The predicted octanol–water partition coefficient (Wildman–Crippen LogP) is 18.1. The van der Waals surface area contributed by atoms with Gasteiger partial charge in [-0.25, -0.2) is 0 Å². The minimum absolute atomic E-state index is 0.0897. The summed E-state index contributed by atoms with van der Waals surface area (Å²) in [4.78, 5) is 37.6. The van der Waals surface area contributed by atoms with Crippen LogP contribution in [0.3, 0.4) is 0 Å². The van der Waals surface area contributed by atoms with Crippen LogP contribution in [0.5, 0.6) is 0 Å². The third kappa shape index (κ3) is 52.6. The average Bonchev–Trinajstić information content (AvgIpc) is 3.33. The lowest BCUT2D eigenvalue weighted by Gasteiger charge is -2.18. The summed E-state index contributed by atoms with van der Waals surface area (Å²) in [5.41, 5.74) is 0. The topological polar surface area (TPSA) is 78.9 Å². The summed E-state index contributed by atoms with van der Waals surface area (Å²) >= 11 is 0. The number of rotatable bonds is 47. The van der Waals surface area contributed by atoms with Crippen LogP contribution >= 0.6 is 0 Å². The number of carbonyl (C=O) groups excluding carboxylic acids is 3. The highest BCUT2D eigenvalue weighted by molar-refractivity contribution is 5.71. The zero-order chi connectivity index (χ0) is 48.6. The first-order valence-corrected chi connectivity index (χ1v) is 27.0. The fourth-order valence-corrected chi connectivity index (χ4v) is 6.91. The molecule has 0 aromatic rings. The molecule has 0 spiro atoms. The molecule has 0 aliphatic heterocycles. The first-order chi connectivity index (χ1) is 33.0. The van der Waals surface area contributed by atoms with Crippen molar-refractivity contribution in [3.8, 4) is 0 Å². The molecule has 0 N–H and O–H groups in total. The second-order valence-corrected chi connectivity index (χ2v) is 17.4. The van der Waals surface area contributed by atoms with Crippen molar-refractivity contribution in [2.45, 2.75) is 232 Å². The highest BCUT2D eigenvalue weighted by atomic mass is 16.6. The normalized spacial score (nSPS) is 13.1. The Bertz CT molecular complexity index is 1440. The van der Waals surface area contributed by atoms with Crippen molar-refractivity contribution in [1.29, 1.82) is 0 Å². The molecule has 0 saturated carbocycles. The van der Waals surface area contributed by atoms with E-state index in [2.05, 4.69) is 142 Å². The van der Waals surface area contributed by atoms with Gasteiger partial charge in [0.2, 0.25) is 0 Å². The van der Waals surface area contributed by atoms with Crippen molar-refractivity contribution < 1.29 is 28.6 Å². The van der Waals surface area contributed by atoms with Crippen LogP contribution in [0, 0.1) is 0 Å². The smallest absolute Gasteiger partial charge is 0.306 e. The van der Waals surface area contributed by atoms with Gasteiger partial charge in [0.25, 0.3) is 0 Å². The fourth-order valence-electron chi connectivity index (χ4n) is 6.91. The van der Waals surface area contributed by atoms with Crippen LogP contribution in [0.4, 0.5) is 0 Å². The quantitative estimate of drug-likeness (QED) is 0.0262. The van der Waals surface area contributed by atoms with E-state index in [-0.39, 0.29) is 31.1 Å². The van der Waals surface area contributed by atoms with Gasteiger partial charge in [0, 0.05) is 19.3 Å². The molecule has 67 heavy (non-hydrogen) atoms. The Morgan fingerprint density at radius 1 is 0.313 bits per heavy atom. The molecule has 0 rings (SSSR count). The van der Waals surface area contributed by atoms with Crippen LogP contribution < -0.4 is 0 Å². The number of ether oxygens (including phenoxy) is 3. The molecule has 1 atom stereocenters. The molecule has 0 amide bonds. The molecule has 0 aromatic carbocycles. The molecule has 6 nitrogen and oxygen atoms in total. The van der Waals surface area contributed by atoms with Crippen LogP contribution in [-0.4, -0.2) is 37.2 Å². The van der Waals surface area contributed by atoms with Crippen LogP contribution in [0.1, 0.15) is 226 Å². The van der Waals surface area contributed by atoms with E-state index in [1.165, 1.54) is 32.1 Å². The maximum Gasteiger partial charge on any atom is 0.306 e.